The molecule has 6 atom stereocenters. The third kappa shape index (κ3) is 5.78. The molecule has 15 heteroatoms. The van der Waals surface area contributed by atoms with Crippen molar-refractivity contribution < 1.29 is 38.2 Å². The molecule has 0 amide bonds. The number of anilines is 1. The number of phosphoric ester groups is 1. The van der Waals surface area contributed by atoms with Crippen molar-refractivity contribution in [1.82, 2.24) is 19.5 Å². The Labute approximate surface area is 189 Å². The van der Waals surface area contributed by atoms with E-state index in [9.17, 15) is 19.4 Å². The first kappa shape index (κ1) is 25.7. The van der Waals surface area contributed by atoms with E-state index in [1.165, 1.54) is 18.0 Å². The standard InChI is InChI=1S/C18H29N5O9P/c1-4-10(6-5-7-24)20-18-21-15-12(16(26)22-18)19-9-23(15)17-13(25)14(29-2)11(32-17)8-31-33(27,28)30-3/h4,9-11,13-14,17,24-25H,5-8H2,1-3H3,(H,27,28)(H2,20,21,22,26)/q-1/p-1. The van der Waals surface area contributed by atoms with E-state index < -0.39 is 44.5 Å². The van der Waals surface area contributed by atoms with Crippen LogP contribution in [0.3, 0.4) is 0 Å². The van der Waals surface area contributed by atoms with Gasteiger partial charge in [-0.15, -0.1) is 0 Å². The van der Waals surface area contributed by atoms with Crippen LogP contribution in [0, 0.1) is 6.42 Å². The molecule has 0 radical (unpaired) electrons. The van der Waals surface area contributed by atoms with Gasteiger partial charge in [-0.3, -0.25) is 18.9 Å². The van der Waals surface area contributed by atoms with Crippen LogP contribution in [-0.2, 0) is 23.1 Å². The number of aliphatic hydroxyl groups is 2. The Balaban J connectivity index is 1.87. The minimum atomic E-state index is -4.51. The summed E-state index contributed by atoms with van der Waals surface area (Å²) >= 11 is 0. The first-order valence-electron chi connectivity index (χ1n) is 10.3. The Kier molecular flexibility index (Phi) is 8.59. The monoisotopic (exact) mass is 489 g/mol. The zero-order valence-electron chi connectivity index (χ0n) is 18.4. The number of phosphoric acid groups is 1. The lowest BCUT2D eigenvalue weighted by atomic mass is 10.1. The van der Waals surface area contributed by atoms with Gasteiger partial charge in [-0.2, -0.15) is 11.9 Å². The summed E-state index contributed by atoms with van der Waals surface area (Å²) in [4.78, 5) is 35.1. The van der Waals surface area contributed by atoms with Gasteiger partial charge in [-0.25, -0.2) is 4.98 Å². The van der Waals surface area contributed by atoms with E-state index in [1.54, 1.807) is 0 Å². The third-order valence-electron chi connectivity index (χ3n) is 5.31. The molecule has 0 aromatic carbocycles. The molecule has 3 rings (SSSR count). The number of aliphatic hydroxyl groups excluding tert-OH is 2. The van der Waals surface area contributed by atoms with Crippen LogP contribution in [0.4, 0.5) is 5.95 Å². The van der Waals surface area contributed by atoms with Crippen molar-refractivity contribution in [3.63, 3.8) is 0 Å². The topological polar surface area (TPSA) is 193 Å². The van der Waals surface area contributed by atoms with E-state index >= 15 is 0 Å². The number of imidazole rings is 1. The summed E-state index contributed by atoms with van der Waals surface area (Å²) in [5.74, 6) is 0.179. The average Bonchev–Trinajstić information content (AvgIpc) is 3.35. The highest BCUT2D eigenvalue weighted by Gasteiger charge is 2.46. The lowest BCUT2D eigenvalue weighted by Gasteiger charge is -2.24. The maximum absolute atomic E-state index is 12.5. The Morgan fingerprint density at radius 1 is 1.48 bits per heavy atom. The number of H-pyrrole nitrogens is 1. The maximum atomic E-state index is 12.5. The number of ether oxygens (including phenoxy) is 2. The van der Waals surface area contributed by atoms with Crippen LogP contribution in [0.2, 0.25) is 0 Å². The molecule has 1 aliphatic rings. The van der Waals surface area contributed by atoms with E-state index in [4.69, 9.17) is 19.1 Å². The number of aromatic amines is 1. The molecular formula is C18H28N5O9P-2. The van der Waals surface area contributed by atoms with E-state index in [2.05, 4.69) is 24.8 Å². The number of hydrogen-bond acceptors (Lipinski definition) is 12. The zero-order valence-corrected chi connectivity index (χ0v) is 19.3. The first-order chi connectivity index (χ1) is 15.7. The van der Waals surface area contributed by atoms with Crippen molar-refractivity contribution in [2.45, 2.75) is 50.3 Å². The van der Waals surface area contributed by atoms with Crippen LogP contribution in [0.15, 0.2) is 11.1 Å². The van der Waals surface area contributed by atoms with Crippen molar-refractivity contribution in [3.05, 3.63) is 23.1 Å². The molecule has 14 nitrogen and oxygen atoms in total. The first-order valence-corrected chi connectivity index (χ1v) is 11.7. The predicted octanol–water partition coefficient (Wildman–Crippen LogP) is -0.699. The molecule has 1 aliphatic heterocycles. The Hall–Kier alpha value is -1.90. The van der Waals surface area contributed by atoms with Gasteiger partial charge in [0.1, 0.15) is 18.3 Å². The number of rotatable bonds is 12. The van der Waals surface area contributed by atoms with E-state index in [1.807, 2.05) is 13.3 Å². The largest absolute Gasteiger partial charge is 0.756 e. The molecule has 6 unspecified atom stereocenters. The lowest BCUT2D eigenvalue weighted by molar-refractivity contribution is -0.226. The van der Waals surface area contributed by atoms with Crippen molar-refractivity contribution in [2.75, 3.05) is 32.8 Å². The van der Waals surface area contributed by atoms with Crippen LogP contribution in [0.1, 0.15) is 26.0 Å². The molecule has 0 bridgehead atoms. The molecule has 3 heterocycles. The van der Waals surface area contributed by atoms with Crippen LogP contribution in [-0.4, -0.2) is 81.5 Å². The minimum Gasteiger partial charge on any atom is -0.756 e. The molecule has 1 saturated heterocycles. The highest BCUT2D eigenvalue weighted by Crippen LogP contribution is 2.39. The second-order valence-electron chi connectivity index (χ2n) is 7.37. The van der Waals surface area contributed by atoms with Gasteiger partial charge in [0.25, 0.3) is 13.4 Å². The molecule has 0 spiro atoms. The van der Waals surface area contributed by atoms with Gasteiger partial charge in [0, 0.05) is 20.8 Å². The number of nitrogens with zero attached hydrogens (tertiary/aromatic N) is 3. The Morgan fingerprint density at radius 2 is 2.24 bits per heavy atom. The molecule has 4 N–H and O–H groups in total. The van der Waals surface area contributed by atoms with Crippen molar-refractivity contribution in [3.8, 4) is 0 Å². The average molecular weight is 489 g/mol. The van der Waals surface area contributed by atoms with Crippen LogP contribution in [0.25, 0.3) is 11.2 Å². The van der Waals surface area contributed by atoms with Crippen molar-refractivity contribution in [1.29, 1.82) is 0 Å². The van der Waals surface area contributed by atoms with Gasteiger partial charge in [0.05, 0.1) is 12.9 Å². The van der Waals surface area contributed by atoms with Gasteiger partial charge in [-0.1, -0.05) is 12.5 Å². The van der Waals surface area contributed by atoms with Gasteiger partial charge in [-0.05, 0) is 6.42 Å². The number of nitrogens with one attached hydrogen (secondary N) is 2. The summed E-state index contributed by atoms with van der Waals surface area (Å²) in [6, 6.07) is -0.148. The van der Waals surface area contributed by atoms with E-state index in [0.717, 1.165) is 7.11 Å². The van der Waals surface area contributed by atoms with E-state index in [0.29, 0.717) is 12.8 Å². The van der Waals surface area contributed by atoms with Crippen LogP contribution in [0.5, 0.6) is 0 Å². The molecule has 2 aromatic rings. The van der Waals surface area contributed by atoms with E-state index in [-0.39, 0.29) is 29.8 Å². The van der Waals surface area contributed by atoms with Crippen molar-refractivity contribution in [2.24, 2.45) is 0 Å². The predicted molar refractivity (Wildman–Crippen MR) is 113 cm³/mol. The smallest absolute Gasteiger partial charge is 0.280 e. The minimum absolute atomic E-state index is 0.0286. The SMILES string of the molecule is C[CH-]C(CCCO)Nc1nc2c(ncn2C2OC(COP(=O)([O-])OC)C(OC)C2O)c(=O)[nH]1. The summed E-state index contributed by atoms with van der Waals surface area (Å²) in [7, 11) is -2.21. The molecule has 0 saturated carbocycles. The Bertz CT molecular complexity index is 1030. The summed E-state index contributed by atoms with van der Waals surface area (Å²) in [5.41, 5.74) is -0.327. The van der Waals surface area contributed by atoms with Crippen LogP contribution < -0.4 is 15.8 Å². The van der Waals surface area contributed by atoms with Gasteiger partial charge in [0.15, 0.2) is 17.4 Å². The number of aromatic nitrogens is 4. The fraction of sp³-hybridized carbons (Fsp3) is 0.667. The van der Waals surface area contributed by atoms with Crippen molar-refractivity contribution >= 4 is 24.9 Å². The molecule has 33 heavy (non-hydrogen) atoms. The normalized spacial score (nSPS) is 25.9. The fourth-order valence-corrected chi connectivity index (χ4v) is 4.02. The summed E-state index contributed by atoms with van der Waals surface area (Å²) in [5, 5.41) is 22.9. The zero-order chi connectivity index (χ0) is 24.2. The van der Waals surface area contributed by atoms with Crippen LogP contribution >= 0.6 is 7.82 Å². The second kappa shape index (κ2) is 11.0. The summed E-state index contributed by atoms with van der Waals surface area (Å²) < 4.78 is 33.0. The van der Waals surface area contributed by atoms with Gasteiger partial charge < -0.3 is 45.4 Å². The quantitative estimate of drug-likeness (QED) is 0.217. The molecule has 1 fully saturated rings. The number of methoxy groups -OCH3 is 1. The molecule has 2 aromatic heterocycles. The second-order valence-corrected chi connectivity index (χ2v) is 8.89. The Morgan fingerprint density at radius 3 is 2.88 bits per heavy atom. The highest BCUT2D eigenvalue weighted by molar-refractivity contribution is 7.45. The summed E-state index contributed by atoms with van der Waals surface area (Å²) in [6.07, 6.45) is 0.160. The van der Waals surface area contributed by atoms with Gasteiger partial charge in [0.2, 0.25) is 5.95 Å². The fourth-order valence-electron chi connectivity index (χ4n) is 3.58. The third-order valence-corrected chi connectivity index (χ3v) is 6.22. The molecule has 0 aliphatic carbocycles. The number of fused-ring (bicyclic) bond motifs is 1. The molecular weight excluding hydrogens is 461 g/mol. The summed E-state index contributed by atoms with van der Waals surface area (Å²) in [6.45, 7) is 1.43. The highest BCUT2D eigenvalue weighted by atomic mass is 31.2. The number of hydrogen-bond donors (Lipinski definition) is 4. The lowest BCUT2D eigenvalue weighted by Crippen LogP contribution is -2.36. The molecule has 186 valence electrons. The van der Waals surface area contributed by atoms with Gasteiger partial charge >= 0.3 is 0 Å². The maximum Gasteiger partial charge on any atom is 0.280 e.